The predicted molar refractivity (Wildman–Crippen MR) is 145 cm³/mol. The molecule has 11 nitrogen and oxygen atoms in total. The van der Waals surface area contributed by atoms with Crippen molar-refractivity contribution in [2.75, 3.05) is 13.7 Å². The minimum atomic E-state index is -1.19. The third kappa shape index (κ3) is 5.04. The quantitative estimate of drug-likeness (QED) is 0.216. The fourth-order valence-electron chi connectivity index (χ4n) is 4.58. The van der Waals surface area contributed by atoms with Gasteiger partial charge < -0.3 is 29.8 Å². The lowest BCUT2D eigenvalue weighted by molar-refractivity contribution is -0.121. The SMILES string of the molecule is COc1ccc2occ([C@H](CC(=O)NCCc3ccc(O)c(O)c3)c3c(O)nc4ccccn4c3=O)c(=O)c2c1. The molecule has 4 N–H and O–H groups in total. The number of pyridine rings is 1. The minimum absolute atomic E-state index is 0.00978. The zero-order valence-corrected chi connectivity index (χ0v) is 21.3. The van der Waals surface area contributed by atoms with Crippen molar-refractivity contribution in [2.45, 2.75) is 18.8 Å². The van der Waals surface area contributed by atoms with Crippen LogP contribution in [-0.2, 0) is 11.2 Å². The fraction of sp³-hybridized carbons (Fsp3) is 0.172. The fourth-order valence-corrected chi connectivity index (χ4v) is 4.58. The van der Waals surface area contributed by atoms with Crippen LogP contribution in [0.25, 0.3) is 16.6 Å². The Hall–Kier alpha value is -5.32. The maximum absolute atomic E-state index is 13.6. The van der Waals surface area contributed by atoms with Crippen LogP contribution in [0.2, 0.25) is 0 Å². The Morgan fingerprint density at radius 3 is 2.67 bits per heavy atom. The van der Waals surface area contributed by atoms with Crippen LogP contribution < -0.4 is 21.0 Å². The molecule has 1 amide bonds. The summed E-state index contributed by atoms with van der Waals surface area (Å²) in [5.74, 6) is -2.40. The number of hydrogen-bond acceptors (Lipinski definition) is 9. The standard InChI is InChI=1S/C29H25N3O8/c1-39-17-6-8-23-19(13-17)27(36)20(15-40-23)18(26-28(37)31-24-4-2-3-11-32(24)29(26)38)14-25(35)30-10-9-16-5-7-21(33)22(34)12-16/h2-8,11-13,15,18,33-34,37H,9-10,14H2,1H3,(H,30,35)/t18-/m0/s1. The highest BCUT2D eigenvalue weighted by molar-refractivity contribution is 5.80. The summed E-state index contributed by atoms with van der Waals surface area (Å²) >= 11 is 0. The number of hydrogen-bond donors (Lipinski definition) is 4. The first kappa shape index (κ1) is 26.3. The van der Waals surface area contributed by atoms with Crippen LogP contribution in [-0.4, -0.2) is 44.3 Å². The highest BCUT2D eigenvalue weighted by Gasteiger charge is 2.29. The zero-order chi connectivity index (χ0) is 28.4. The Bertz CT molecular complexity index is 1860. The number of methoxy groups -OCH3 is 1. The highest BCUT2D eigenvalue weighted by atomic mass is 16.5. The van der Waals surface area contributed by atoms with E-state index in [2.05, 4.69) is 10.3 Å². The van der Waals surface area contributed by atoms with Gasteiger partial charge in [-0.05, 0) is 54.4 Å². The van der Waals surface area contributed by atoms with Crippen LogP contribution in [0.5, 0.6) is 23.1 Å². The van der Waals surface area contributed by atoms with Crippen molar-refractivity contribution in [1.29, 1.82) is 0 Å². The van der Waals surface area contributed by atoms with Crippen LogP contribution in [0.3, 0.4) is 0 Å². The summed E-state index contributed by atoms with van der Waals surface area (Å²) in [4.78, 5) is 44.4. The molecule has 0 bridgehead atoms. The third-order valence-corrected chi connectivity index (χ3v) is 6.64. The molecule has 0 aliphatic heterocycles. The van der Waals surface area contributed by atoms with Gasteiger partial charge >= 0.3 is 0 Å². The molecule has 5 aromatic rings. The number of amides is 1. The molecule has 0 spiro atoms. The number of nitrogens with zero attached hydrogens (tertiary/aromatic N) is 2. The van der Waals surface area contributed by atoms with Crippen molar-refractivity contribution in [3.05, 3.63) is 104 Å². The average Bonchev–Trinajstić information content (AvgIpc) is 2.94. The minimum Gasteiger partial charge on any atom is -0.504 e. The Labute approximate surface area is 226 Å². The molecule has 0 saturated carbocycles. The summed E-state index contributed by atoms with van der Waals surface area (Å²) in [7, 11) is 1.46. The Kier molecular flexibility index (Phi) is 7.11. The van der Waals surface area contributed by atoms with E-state index in [4.69, 9.17) is 9.15 Å². The van der Waals surface area contributed by atoms with E-state index in [1.807, 2.05) is 0 Å². The summed E-state index contributed by atoms with van der Waals surface area (Å²) in [6.45, 7) is 0.167. The van der Waals surface area contributed by atoms with Gasteiger partial charge in [0.05, 0.1) is 24.3 Å². The number of benzene rings is 2. The molecule has 0 fully saturated rings. The zero-order valence-electron chi connectivity index (χ0n) is 21.3. The summed E-state index contributed by atoms with van der Waals surface area (Å²) in [6, 6.07) is 13.9. The summed E-state index contributed by atoms with van der Waals surface area (Å²) in [6.07, 6.45) is 2.64. The van der Waals surface area contributed by atoms with E-state index in [0.717, 1.165) is 0 Å². The number of rotatable bonds is 8. The van der Waals surface area contributed by atoms with Crippen molar-refractivity contribution in [2.24, 2.45) is 0 Å². The average molecular weight is 544 g/mol. The van der Waals surface area contributed by atoms with Crippen molar-refractivity contribution in [3.63, 3.8) is 0 Å². The van der Waals surface area contributed by atoms with Crippen molar-refractivity contribution < 1.29 is 29.3 Å². The Morgan fingerprint density at radius 1 is 1.07 bits per heavy atom. The van der Waals surface area contributed by atoms with Gasteiger partial charge in [-0.2, -0.15) is 4.98 Å². The Balaban J connectivity index is 1.53. The second-order valence-corrected chi connectivity index (χ2v) is 9.15. The Morgan fingerprint density at radius 2 is 1.90 bits per heavy atom. The number of phenolic OH excluding ortho intramolecular Hbond substituents is 2. The van der Waals surface area contributed by atoms with E-state index < -0.39 is 28.7 Å². The second kappa shape index (κ2) is 10.8. The van der Waals surface area contributed by atoms with Crippen molar-refractivity contribution in [3.8, 4) is 23.1 Å². The number of aromatic nitrogens is 2. The lowest BCUT2D eigenvalue weighted by atomic mass is 9.89. The topological polar surface area (TPSA) is 164 Å². The summed E-state index contributed by atoms with van der Waals surface area (Å²) in [5.41, 5.74) is -0.205. The molecule has 11 heteroatoms. The first-order valence-corrected chi connectivity index (χ1v) is 12.3. The van der Waals surface area contributed by atoms with Gasteiger partial charge in [-0.15, -0.1) is 0 Å². The maximum atomic E-state index is 13.6. The normalized spacial score (nSPS) is 11.9. The number of phenols is 2. The smallest absolute Gasteiger partial charge is 0.265 e. The second-order valence-electron chi connectivity index (χ2n) is 9.15. The molecule has 0 saturated heterocycles. The number of ether oxygens (including phenoxy) is 1. The molecule has 0 aliphatic rings. The number of fused-ring (bicyclic) bond motifs is 2. The van der Waals surface area contributed by atoms with E-state index in [1.54, 1.807) is 36.4 Å². The molecule has 3 aromatic heterocycles. The largest absolute Gasteiger partial charge is 0.504 e. The van der Waals surface area contributed by atoms with Crippen molar-refractivity contribution in [1.82, 2.24) is 14.7 Å². The molecule has 5 rings (SSSR count). The predicted octanol–water partition coefficient (Wildman–Crippen LogP) is 2.81. The number of carbonyl (C=O) groups excluding carboxylic acids is 1. The molecular formula is C29H25N3O8. The molecule has 1 atom stereocenters. The van der Waals surface area contributed by atoms with E-state index >= 15 is 0 Å². The van der Waals surface area contributed by atoms with Crippen LogP contribution in [0.1, 0.15) is 29.0 Å². The van der Waals surface area contributed by atoms with Gasteiger partial charge in [0.25, 0.3) is 5.56 Å². The van der Waals surface area contributed by atoms with Gasteiger partial charge in [0.2, 0.25) is 11.8 Å². The molecule has 0 radical (unpaired) electrons. The van der Waals surface area contributed by atoms with E-state index in [0.29, 0.717) is 17.7 Å². The highest BCUT2D eigenvalue weighted by Crippen LogP contribution is 2.31. The number of nitrogens with one attached hydrogen (secondary N) is 1. The molecule has 0 aliphatic carbocycles. The summed E-state index contributed by atoms with van der Waals surface area (Å²) in [5, 5.41) is 32.9. The monoisotopic (exact) mass is 543 g/mol. The van der Waals surface area contributed by atoms with Gasteiger partial charge in [-0.25, -0.2) is 0 Å². The summed E-state index contributed by atoms with van der Waals surface area (Å²) < 4.78 is 12.1. The maximum Gasteiger partial charge on any atom is 0.265 e. The van der Waals surface area contributed by atoms with Gasteiger partial charge in [0, 0.05) is 30.6 Å². The van der Waals surface area contributed by atoms with E-state index in [1.165, 1.54) is 42.2 Å². The van der Waals surface area contributed by atoms with Crippen molar-refractivity contribution >= 4 is 22.5 Å². The molecular weight excluding hydrogens is 518 g/mol. The molecule has 3 heterocycles. The van der Waals surface area contributed by atoms with E-state index in [9.17, 15) is 29.7 Å². The van der Waals surface area contributed by atoms with Gasteiger partial charge in [0.15, 0.2) is 16.9 Å². The van der Waals surface area contributed by atoms with Gasteiger partial charge in [0.1, 0.15) is 17.0 Å². The van der Waals surface area contributed by atoms with E-state index in [-0.39, 0.29) is 52.2 Å². The lowest BCUT2D eigenvalue weighted by Crippen LogP contribution is -2.31. The first-order chi connectivity index (χ1) is 19.3. The van der Waals surface area contributed by atoms with Crippen LogP contribution in [0, 0.1) is 0 Å². The van der Waals surface area contributed by atoms with Crippen LogP contribution in [0.15, 0.2) is 81.1 Å². The lowest BCUT2D eigenvalue weighted by Gasteiger charge is -2.18. The number of carbonyl (C=O) groups is 1. The molecule has 40 heavy (non-hydrogen) atoms. The van der Waals surface area contributed by atoms with Gasteiger partial charge in [-0.3, -0.25) is 18.8 Å². The molecule has 0 unspecified atom stereocenters. The first-order valence-electron chi connectivity index (χ1n) is 12.3. The molecule has 2 aromatic carbocycles. The van der Waals surface area contributed by atoms with Crippen LogP contribution in [0.4, 0.5) is 0 Å². The van der Waals surface area contributed by atoms with Crippen LogP contribution >= 0.6 is 0 Å². The number of aromatic hydroxyl groups is 3. The molecule has 204 valence electrons. The third-order valence-electron chi connectivity index (χ3n) is 6.64. The van der Waals surface area contributed by atoms with Gasteiger partial charge in [-0.1, -0.05) is 12.1 Å².